The van der Waals surface area contributed by atoms with Gasteiger partial charge in [0.1, 0.15) is 0 Å². The van der Waals surface area contributed by atoms with Gasteiger partial charge in [-0.25, -0.2) is 0 Å². The van der Waals surface area contributed by atoms with Gasteiger partial charge in [0.15, 0.2) is 5.78 Å². The van der Waals surface area contributed by atoms with Crippen LogP contribution in [0.2, 0.25) is 0 Å². The number of aryl methyl sites for hydroxylation is 1. The summed E-state index contributed by atoms with van der Waals surface area (Å²) in [5.41, 5.74) is 0.802. The molecule has 0 saturated carbocycles. The second-order valence-corrected chi connectivity index (χ2v) is 5.24. The second kappa shape index (κ2) is 6.16. The van der Waals surface area contributed by atoms with Crippen LogP contribution in [0.1, 0.15) is 23.2 Å². The van der Waals surface area contributed by atoms with E-state index in [0.29, 0.717) is 12.5 Å². The summed E-state index contributed by atoms with van der Waals surface area (Å²) in [6.07, 6.45) is 6.02. The van der Waals surface area contributed by atoms with Gasteiger partial charge in [0.25, 0.3) is 0 Å². The average Bonchev–Trinajstić information content (AvgIpc) is 2.77. The molecule has 0 spiro atoms. The third kappa shape index (κ3) is 3.68. The number of likely N-dealkylation sites (N-methyl/N-ethyl adjacent to an activating group) is 1. The summed E-state index contributed by atoms with van der Waals surface area (Å²) in [5, 5.41) is 0. The van der Waals surface area contributed by atoms with Crippen LogP contribution in [0, 0.1) is 5.92 Å². The van der Waals surface area contributed by atoms with Gasteiger partial charge in [0.05, 0.1) is 6.54 Å². The van der Waals surface area contributed by atoms with E-state index in [-0.39, 0.29) is 5.78 Å². The van der Waals surface area contributed by atoms with E-state index in [4.69, 9.17) is 4.74 Å². The normalized spacial score (nSPS) is 17.3. The maximum atomic E-state index is 12.0. The Bertz CT molecular complexity index is 394. The number of aromatic nitrogens is 1. The van der Waals surface area contributed by atoms with Crippen molar-refractivity contribution in [3.63, 3.8) is 0 Å². The molecule has 1 saturated heterocycles. The molecule has 0 aliphatic carbocycles. The Labute approximate surface area is 109 Å². The zero-order valence-electron chi connectivity index (χ0n) is 11.3. The molecule has 1 aromatic rings. The van der Waals surface area contributed by atoms with Crippen molar-refractivity contribution >= 4 is 5.78 Å². The molecule has 100 valence electrons. The number of hydrogen-bond donors (Lipinski definition) is 0. The van der Waals surface area contributed by atoms with Gasteiger partial charge in [-0.05, 0) is 31.9 Å². The fraction of sp³-hybridized carbons (Fsp3) is 0.643. The first kappa shape index (κ1) is 13.3. The highest BCUT2D eigenvalue weighted by molar-refractivity contribution is 5.97. The van der Waals surface area contributed by atoms with Gasteiger partial charge < -0.3 is 9.30 Å². The van der Waals surface area contributed by atoms with Crippen LogP contribution < -0.4 is 0 Å². The molecule has 0 unspecified atom stereocenters. The number of ether oxygens (including phenoxy) is 1. The molecule has 1 fully saturated rings. The summed E-state index contributed by atoms with van der Waals surface area (Å²) in [4.78, 5) is 14.2. The Morgan fingerprint density at radius 3 is 2.83 bits per heavy atom. The number of ketones is 1. The predicted molar refractivity (Wildman–Crippen MR) is 70.8 cm³/mol. The maximum Gasteiger partial charge on any atom is 0.178 e. The summed E-state index contributed by atoms with van der Waals surface area (Å²) in [7, 11) is 3.96. The minimum absolute atomic E-state index is 0.199. The Morgan fingerprint density at radius 1 is 1.50 bits per heavy atom. The van der Waals surface area contributed by atoms with Crippen LogP contribution in [0.3, 0.4) is 0 Å². The SMILES string of the molecule is CN(CC(=O)c1ccn(C)c1)CC1CCOCC1. The molecular formula is C14H22N2O2. The van der Waals surface area contributed by atoms with Crippen LogP contribution in [-0.2, 0) is 11.8 Å². The van der Waals surface area contributed by atoms with Gasteiger partial charge in [-0.2, -0.15) is 0 Å². The van der Waals surface area contributed by atoms with Crippen LogP contribution in [0.5, 0.6) is 0 Å². The Hall–Kier alpha value is -1.13. The molecule has 0 amide bonds. The number of nitrogens with zero attached hydrogens (tertiary/aromatic N) is 2. The molecule has 0 aromatic carbocycles. The molecule has 2 rings (SSSR count). The van der Waals surface area contributed by atoms with Crippen molar-refractivity contribution in [2.45, 2.75) is 12.8 Å². The summed E-state index contributed by atoms with van der Waals surface area (Å²) in [5.74, 6) is 0.873. The molecule has 0 N–H and O–H groups in total. The molecule has 1 aliphatic rings. The lowest BCUT2D eigenvalue weighted by Gasteiger charge is -2.26. The molecule has 1 aliphatic heterocycles. The lowest BCUT2D eigenvalue weighted by molar-refractivity contribution is 0.0549. The number of carbonyl (C=O) groups excluding carboxylic acids is 1. The Kier molecular flexibility index (Phi) is 4.55. The summed E-state index contributed by atoms with van der Waals surface area (Å²) in [6, 6.07) is 1.88. The number of Topliss-reactive ketones (excluding diaryl/α,β-unsaturated/α-hetero) is 1. The molecule has 18 heavy (non-hydrogen) atoms. The summed E-state index contributed by atoms with van der Waals surface area (Å²) in [6.45, 7) is 3.22. The van der Waals surface area contributed by atoms with Crippen molar-refractivity contribution in [2.75, 3.05) is 33.4 Å². The topological polar surface area (TPSA) is 34.5 Å². The molecule has 0 radical (unpaired) electrons. The molecule has 4 nitrogen and oxygen atoms in total. The minimum Gasteiger partial charge on any atom is -0.381 e. The molecule has 4 heteroatoms. The highest BCUT2D eigenvalue weighted by Crippen LogP contribution is 2.15. The largest absolute Gasteiger partial charge is 0.381 e. The monoisotopic (exact) mass is 250 g/mol. The van der Waals surface area contributed by atoms with Crippen molar-refractivity contribution in [3.8, 4) is 0 Å². The fourth-order valence-electron chi connectivity index (χ4n) is 2.44. The molecule has 2 heterocycles. The Balaban J connectivity index is 1.79. The van der Waals surface area contributed by atoms with E-state index in [0.717, 1.165) is 38.2 Å². The van der Waals surface area contributed by atoms with E-state index in [1.165, 1.54) is 0 Å². The lowest BCUT2D eigenvalue weighted by atomic mass is 10.00. The van der Waals surface area contributed by atoms with E-state index in [1.807, 2.05) is 37.1 Å². The van der Waals surface area contributed by atoms with E-state index < -0.39 is 0 Å². The lowest BCUT2D eigenvalue weighted by Crippen LogP contribution is -2.33. The molecular weight excluding hydrogens is 228 g/mol. The summed E-state index contributed by atoms with van der Waals surface area (Å²) >= 11 is 0. The highest BCUT2D eigenvalue weighted by Gasteiger charge is 2.17. The van der Waals surface area contributed by atoms with Gasteiger partial charge in [-0.15, -0.1) is 0 Å². The first-order valence-corrected chi connectivity index (χ1v) is 6.56. The predicted octanol–water partition coefficient (Wildman–Crippen LogP) is 1.57. The Morgan fingerprint density at radius 2 is 2.22 bits per heavy atom. The second-order valence-electron chi connectivity index (χ2n) is 5.24. The third-order valence-electron chi connectivity index (χ3n) is 3.48. The van der Waals surface area contributed by atoms with Crippen LogP contribution in [-0.4, -0.2) is 48.6 Å². The van der Waals surface area contributed by atoms with E-state index in [9.17, 15) is 4.79 Å². The van der Waals surface area contributed by atoms with E-state index in [2.05, 4.69) is 4.90 Å². The average molecular weight is 250 g/mol. The fourth-order valence-corrected chi connectivity index (χ4v) is 2.44. The van der Waals surface area contributed by atoms with Crippen molar-refractivity contribution in [2.24, 2.45) is 13.0 Å². The molecule has 0 bridgehead atoms. The zero-order valence-corrected chi connectivity index (χ0v) is 11.3. The minimum atomic E-state index is 0.199. The van der Waals surface area contributed by atoms with Gasteiger partial charge in [0, 0.05) is 44.8 Å². The van der Waals surface area contributed by atoms with Crippen molar-refractivity contribution < 1.29 is 9.53 Å². The maximum absolute atomic E-state index is 12.0. The highest BCUT2D eigenvalue weighted by atomic mass is 16.5. The number of rotatable bonds is 5. The van der Waals surface area contributed by atoms with Crippen molar-refractivity contribution in [1.29, 1.82) is 0 Å². The van der Waals surface area contributed by atoms with Gasteiger partial charge in [0.2, 0.25) is 0 Å². The summed E-state index contributed by atoms with van der Waals surface area (Å²) < 4.78 is 7.25. The quantitative estimate of drug-likeness (QED) is 0.744. The smallest absolute Gasteiger partial charge is 0.178 e. The van der Waals surface area contributed by atoms with Crippen LogP contribution >= 0.6 is 0 Å². The number of carbonyl (C=O) groups is 1. The third-order valence-corrected chi connectivity index (χ3v) is 3.48. The zero-order chi connectivity index (χ0) is 13.0. The first-order chi connectivity index (χ1) is 8.65. The van der Waals surface area contributed by atoms with Crippen molar-refractivity contribution in [3.05, 3.63) is 24.0 Å². The van der Waals surface area contributed by atoms with Crippen molar-refractivity contribution in [1.82, 2.24) is 9.47 Å². The van der Waals surface area contributed by atoms with Crippen LogP contribution in [0.25, 0.3) is 0 Å². The van der Waals surface area contributed by atoms with E-state index in [1.54, 1.807) is 0 Å². The molecule has 0 atom stereocenters. The van der Waals surface area contributed by atoms with E-state index >= 15 is 0 Å². The van der Waals surface area contributed by atoms with Crippen LogP contribution in [0.15, 0.2) is 18.5 Å². The standard InChI is InChI=1S/C14H22N2O2/c1-15-6-3-13(10-15)14(17)11-16(2)9-12-4-7-18-8-5-12/h3,6,10,12H,4-5,7-9,11H2,1-2H3. The molecule has 1 aromatic heterocycles. The van der Waals surface area contributed by atoms with Gasteiger partial charge in [-0.1, -0.05) is 0 Å². The van der Waals surface area contributed by atoms with Crippen LogP contribution in [0.4, 0.5) is 0 Å². The van der Waals surface area contributed by atoms with Gasteiger partial charge in [-0.3, -0.25) is 9.69 Å². The first-order valence-electron chi connectivity index (χ1n) is 6.56. The number of hydrogen-bond acceptors (Lipinski definition) is 3. The van der Waals surface area contributed by atoms with Gasteiger partial charge >= 0.3 is 0 Å².